The van der Waals surface area contributed by atoms with Crippen LogP contribution in [0, 0.1) is 0 Å². The zero-order chi connectivity index (χ0) is 13.5. The van der Waals surface area contributed by atoms with Crippen LogP contribution < -0.4 is 10.5 Å². The third-order valence-corrected chi connectivity index (χ3v) is 2.93. The van der Waals surface area contributed by atoms with Gasteiger partial charge in [0.1, 0.15) is 6.61 Å². The molecule has 0 amide bonds. The Balaban J connectivity index is 2.29. The van der Waals surface area contributed by atoms with Crippen molar-refractivity contribution in [3.05, 3.63) is 35.9 Å². The van der Waals surface area contributed by atoms with E-state index < -0.39 is 0 Å². The number of hydrogen-bond donors (Lipinski definition) is 1. The minimum absolute atomic E-state index is 0.458. The van der Waals surface area contributed by atoms with Gasteiger partial charge in [0.05, 0.1) is 5.56 Å². The average Bonchev–Trinajstić information content (AvgIpc) is 2.86. The van der Waals surface area contributed by atoms with Crippen molar-refractivity contribution in [3.8, 4) is 17.2 Å². The van der Waals surface area contributed by atoms with Gasteiger partial charge in [-0.25, -0.2) is 0 Å². The number of aromatic nitrogens is 1. The fraction of sp³-hybridized carbons (Fsp3) is 0.400. The molecule has 4 heteroatoms. The molecule has 0 fully saturated rings. The van der Waals surface area contributed by atoms with Crippen LogP contribution in [0.15, 0.2) is 34.9 Å². The highest BCUT2D eigenvalue weighted by Crippen LogP contribution is 2.31. The lowest BCUT2D eigenvalue weighted by Crippen LogP contribution is -2.11. The third-order valence-electron chi connectivity index (χ3n) is 2.93. The predicted octanol–water partition coefficient (Wildman–Crippen LogP) is 3.02. The van der Waals surface area contributed by atoms with Crippen molar-refractivity contribution in [2.24, 2.45) is 5.73 Å². The van der Waals surface area contributed by atoms with Gasteiger partial charge >= 0.3 is 0 Å². The molecule has 2 rings (SSSR count). The van der Waals surface area contributed by atoms with E-state index in [0.717, 1.165) is 36.1 Å². The number of nitrogens with zero attached hydrogens (tertiary/aromatic N) is 1. The molecule has 0 aliphatic carbocycles. The Bertz CT molecular complexity index is 494. The van der Waals surface area contributed by atoms with Gasteiger partial charge in [-0.2, -0.15) is 0 Å². The van der Waals surface area contributed by atoms with E-state index in [1.165, 1.54) is 0 Å². The normalized spacial score (nSPS) is 10.6. The highest BCUT2D eigenvalue weighted by molar-refractivity contribution is 5.63. The maximum atomic E-state index is 5.56. The molecule has 0 atom stereocenters. The van der Waals surface area contributed by atoms with Crippen LogP contribution in [-0.2, 0) is 6.42 Å². The summed E-state index contributed by atoms with van der Waals surface area (Å²) in [7, 11) is 0. The third kappa shape index (κ3) is 3.35. The molecule has 2 N–H and O–H groups in total. The summed E-state index contributed by atoms with van der Waals surface area (Å²) in [6.45, 7) is 3.09. The van der Waals surface area contributed by atoms with Crippen LogP contribution in [-0.4, -0.2) is 18.3 Å². The lowest BCUT2D eigenvalue weighted by molar-refractivity contribution is 0.287. The molecule has 2 aromatic rings. The van der Waals surface area contributed by atoms with Gasteiger partial charge in [0.25, 0.3) is 5.88 Å². The number of hydrogen-bond acceptors (Lipinski definition) is 4. The maximum Gasteiger partial charge on any atom is 0.258 e. The van der Waals surface area contributed by atoms with Crippen LogP contribution in [0.1, 0.15) is 25.3 Å². The molecule has 0 unspecified atom stereocenters. The highest BCUT2D eigenvalue weighted by atomic mass is 16.5. The molecular weight excluding hydrogens is 240 g/mol. The van der Waals surface area contributed by atoms with Crippen molar-refractivity contribution in [1.29, 1.82) is 0 Å². The van der Waals surface area contributed by atoms with Crippen molar-refractivity contribution >= 4 is 0 Å². The standard InChI is InChI=1S/C15H20N2O2/c1-2-3-9-13-14(12-7-5-4-6-8-12)19-17-15(13)18-11-10-16/h4-8H,2-3,9-11,16H2,1H3. The number of nitrogens with two attached hydrogens (primary N) is 1. The van der Waals surface area contributed by atoms with Gasteiger partial charge in [-0.15, -0.1) is 0 Å². The molecule has 0 bridgehead atoms. The Morgan fingerprint density at radius 3 is 2.74 bits per heavy atom. The summed E-state index contributed by atoms with van der Waals surface area (Å²) < 4.78 is 11.0. The topological polar surface area (TPSA) is 61.3 Å². The molecule has 0 spiro atoms. The fourth-order valence-electron chi connectivity index (χ4n) is 1.95. The number of benzene rings is 1. The summed E-state index contributed by atoms with van der Waals surface area (Å²) in [5.74, 6) is 1.39. The molecule has 4 nitrogen and oxygen atoms in total. The summed E-state index contributed by atoms with van der Waals surface area (Å²) >= 11 is 0. The first-order valence-corrected chi connectivity index (χ1v) is 6.73. The SMILES string of the molecule is CCCCc1c(OCCN)noc1-c1ccccc1. The first-order valence-electron chi connectivity index (χ1n) is 6.73. The van der Waals surface area contributed by atoms with Crippen LogP contribution >= 0.6 is 0 Å². The molecule has 1 aromatic carbocycles. The zero-order valence-electron chi connectivity index (χ0n) is 11.3. The lowest BCUT2D eigenvalue weighted by atomic mass is 10.0. The van der Waals surface area contributed by atoms with E-state index in [4.69, 9.17) is 15.0 Å². The van der Waals surface area contributed by atoms with E-state index in [0.29, 0.717) is 19.0 Å². The van der Waals surface area contributed by atoms with Crippen LogP contribution in [0.3, 0.4) is 0 Å². The van der Waals surface area contributed by atoms with E-state index in [2.05, 4.69) is 12.1 Å². The van der Waals surface area contributed by atoms with Crippen LogP contribution in [0.2, 0.25) is 0 Å². The van der Waals surface area contributed by atoms with Gasteiger partial charge in [-0.1, -0.05) is 43.7 Å². The van der Waals surface area contributed by atoms with E-state index in [9.17, 15) is 0 Å². The van der Waals surface area contributed by atoms with Crippen molar-refractivity contribution < 1.29 is 9.26 Å². The molecular formula is C15H20N2O2. The fourth-order valence-corrected chi connectivity index (χ4v) is 1.95. The zero-order valence-corrected chi connectivity index (χ0v) is 11.3. The molecule has 19 heavy (non-hydrogen) atoms. The Morgan fingerprint density at radius 1 is 1.26 bits per heavy atom. The molecule has 1 aromatic heterocycles. The monoisotopic (exact) mass is 260 g/mol. The summed E-state index contributed by atoms with van der Waals surface area (Å²) in [6.07, 6.45) is 3.11. The van der Waals surface area contributed by atoms with Crippen molar-refractivity contribution in [2.75, 3.05) is 13.2 Å². The second-order valence-electron chi connectivity index (χ2n) is 4.40. The summed E-state index contributed by atoms with van der Waals surface area (Å²) in [4.78, 5) is 0. The molecule has 0 aliphatic heterocycles. The van der Waals surface area contributed by atoms with E-state index >= 15 is 0 Å². The van der Waals surface area contributed by atoms with E-state index in [1.54, 1.807) is 0 Å². The maximum absolute atomic E-state index is 5.56. The molecule has 0 radical (unpaired) electrons. The number of rotatable bonds is 7. The largest absolute Gasteiger partial charge is 0.474 e. The minimum atomic E-state index is 0.458. The molecule has 0 saturated carbocycles. The number of unbranched alkanes of at least 4 members (excludes halogenated alkanes) is 1. The highest BCUT2D eigenvalue weighted by Gasteiger charge is 2.18. The summed E-state index contributed by atoms with van der Waals surface area (Å²) in [5.41, 5.74) is 7.54. The van der Waals surface area contributed by atoms with Crippen molar-refractivity contribution in [3.63, 3.8) is 0 Å². The lowest BCUT2D eigenvalue weighted by Gasteiger charge is -2.04. The van der Waals surface area contributed by atoms with E-state index in [-0.39, 0.29) is 0 Å². The van der Waals surface area contributed by atoms with Crippen LogP contribution in [0.25, 0.3) is 11.3 Å². The Morgan fingerprint density at radius 2 is 2.05 bits per heavy atom. The molecule has 0 aliphatic rings. The summed E-state index contributed by atoms with van der Waals surface area (Å²) in [6, 6.07) is 9.99. The molecule has 0 saturated heterocycles. The average molecular weight is 260 g/mol. The van der Waals surface area contributed by atoms with Gasteiger partial charge in [0, 0.05) is 12.1 Å². The Hall–Kier alpha value is -1.81. The van der Waals surface area contributed by atoms with Gasteiger partial charge in [-0.3, -0.25) is 0 Å². The van der Waals surface area contributed by atoms with Crippen LogP contribution in [0.4, 0.5) is 0 Å². The molecule has 1 heterocycles. The van der Waals surface area contributed by atoms with Crippen LogP contribution in [0.5, 0.6) is 5.88 Å². The van der Waals surface area contributed by atoms with Crippen molar-refractivity contribution in [2.45, 2.75) is 26.2 Å². The Labute approximate surface area is 113 Å². The second-order valence-corrected chi connectivity index (χ2v) is 4.40. The van der Waals surface area contributed by atoms with Gasteiger partial charge < -0.3 is 15.0 Å². The smallest absolute Gasteiger partial charge is 0.258 e. The second kappa shape index (κ2) is 6.95. The number of ether oxygens (including phenoxy) is 1. The first kappa shape index (κ1) is 13.6. The minimum Gasteiger partial charge on any atom is -0.474 e. The first-order chi connectivity index (χ1) is 9.36. The van der Waals surface area contributed by atoms with E-state index in [1.807, 2.05) is 30.3 Å². The van der Waals surface area contributed by atoms with Crippen molar-refractivity contribution in [1.82, 2.24) is 5.16 Å². The summed E-state index contributed by atoms with van der Waals surface area (Å²) in [5, 5.41) is 4.03. The molecule has 102 valence electrons. The van der Waals surface area contributed by atoms with Gasteiger partial charge in [-0.05, 0) is 18.0 Å². The van der Waals surface area contributed by atoms with Gasteiger partial charge in [0.2, 0.25) is 0 Å². The van der Waals surface area contributed by atoms with Gasteiger partial charge in [0.15, 0.2) is 5.76 Å². The Kier molecular flexibility index (Phi) is 4.98. The quantitative estimate of drug-likeness (QED) is 0.831. The predicted molar refractivity (Wildman–Crippen MR) is 75.1 cm³/mol.